The Morgan fingerprint density at radius 2 is 2.00 bits per heavy atom. The molecule has 1 saturated heterocycles. The fourth-order valence-electron chi connectivity index (χ4n) is 3.19. The molecule has 0 amide bonds. The van der Waals surface area contributed by atoms with Crippen molar-refractivity contribution in [3.8, 4) is 0 Å². The summed E-state index contributed by atoms with van der Waals surface area (Å²) in [5.74, 6) is 0.843. The van der Waals surface area contributed by atoms with Gasteiger partial charge in [-0.25, -0.2) is 18.1 Å². The third-order valence-electron chi connectivity index (χ3n) is 4.77. The lowest BCUT2D eigenvalue weighted by atomic mass is 10.2. The fraction of sp³-hybridized carbons (Fsp3) is 0.474. The highest BCUT2D eigenvalue weighted by molar-refractivity contribution is 14.0. The van der Waals surface area contributed by atoms with Crippen molar-refractivity contribution in [2.75, 3.05) is 39.8 Å². The molecule has 1 aliphatic heterocycles. The second-order valence-electron chi connectivity index (χ2n) is 6.78. The molecular formula is C19H29IN6O3S. The van der Waals surface area contributed by atoms with Gasteiger partial charge in [-0.3, -0.25) is 4.90 Å². The van der Waals surface area contributed by atoms with Crippen LogP contribution in [0.3, 0.4) is 0 Å². The molecule has 30 heavy (non-hydrogen) atoms. The van der Waals surface area contributed by atoms with E-state index in [0.717, 1.165) is 56.5 Å². The molecule has 11 heteroatoms. The standard InChI is InChI=1S/C19H28N6O3S.HI/c1-3-21-19(22-14-16-5-4-6-18(13-16)29(26,27)20-2)25-10-8-24(9-11-25)15-17-7-12-28-23-17;/h4-7,12-13,20H,3,8-11,14-15H2,1-2H3,(H,21,22);1H. The summed E-state index contributed by atoms with van der Waals surface area (Å²) in [6.07, 6.45) is 1.60. The highest BCUT2D eigenvalue weighted by Crippen LogP contribution is 2.13. The average Bonchev–Trinajstić information content (AvgIpc) is 3.25. The Balaban J connectivity index is 0.00000320. The van der Waals surface area contributed by atoms with Crippen LogP contribution in [0.15, 0.2) is 51.0 Å². The summed E-state index contributed by atoms with van der Waals surface area (Å²) < 4.78 is 31.2. The van der Waals surface area contributed by atoms with Gasteiger partial charge in [-0.1, -0.05) is 17.3 Å². The Bertz CT molecular complexity index is 912. The van der Waals surface area contributed by atoms with Gasteiger partial charge < -0.3 is 14.7 Å². The summed E-state index contributed by atoms with van der Waals surface area (Å²) in [5, 5.41) is 7.31. The van der Waals surface area contributed by atoms with Crippen molar-refractivity contribution in [3.63, 3.8) is 0 Å². The second kappa shape index (κ2) is 11.6. The molecule has 2 aromatic rings. The average molecular weight is 548 g/mol. The number of sulfonamides is 1. The predicted molar refractivity (Wildman–Crippen MR) is 126 cm³/mol. The smallest absolute Gasteiger partial charge is 0.240 e. The summed E-state index contributed by atoms with van der Waals surface area (Å²) in [5.41, 5.74) is 1.79. The Hall–Kier alpha value is -1.70. The monoisotopic (exact) mass is 548 g/mol. The molecule has 2 heterocycles. The summed E-state index contributed by atoms with van der Waals surface area (Å²) in [6, 6.07) is 8.76. The van der Waals surface area contributed by atoms with Crippen LogP contribution in [-0.4, -0.2) is 69.1 Å². The Labute approximate surface area is 195 Å². The van der Waals surface area contributed by atoms with Crippen LogP contribution in [0, 0.1) is 0 Å². The maximum Gasteiger partial charge on any atom is 0.240 e. The number of hydrogen-bond acceptors (Lipinski definition) is 6. The molecule has 166 valence electrons. The van der Waals surface area contributed by atoms with Gasteiger partial charge in [0.2, 0.25) is 10.0 Å². The topological polar surface area (TPSA) is 103 Å². The minimum atomic E-state index is -3.46. The Kier molecular flexibility index (Phi) is 9.52. The van der Waals surface area contributed by atoms with E-state index in [-0.39, 0.29) is 28.9 Å². The number of piperazine rings is 1. The third kappa shape index (κ3) is 6.65. The lowest BCUT2D eigenvalue weighted by Gasteiger charge is -2.36. The molecule has 3 rings (SSSR count). The molecule has 1 fully saturated rings. The molecule has 0 spiro atoms. The van der Waals surface area contributed by atoms with Gasteiger partial charge in [0.05, 0.1) is 17.1 Å². The molecule has 2 N–H and O–H groups in total. The first-order chi connectivity index (χ1) is 14.0. The van der Waals surface area contributed by atoms with Gasteiger partial charge in [0, 0.05) is 45.3 Å². The lowest BCUT2D eigenvalue weighted by molar-refractivity contribution is 0.169. The van der Waals surface area contributed by atoms with Crippen molar-refractivity contribution < 1.29 is 12.9 Å². The first-order valence-corrected chi connectivity index (χ1v) is 11.2. The molecule has 0 saturated carbocycles. The van der Waals surface area contributed by atoms with Gasteiger partial charge in [-0.05, 0) is 31.7 Å². The maximum atomic E-state index is 12.0. The molecule has 0 aliphatic carbocycles. The number of aromatic nitrogens is 1. The number of benzene rings is 1. The molecule has 0 unspecified atom stereocenters. The molecular weight excluding hydrogens is 519 g/mol. The van der Waals surface area contributed by atoms with Crippen molar-refractivity contribution in [3.05, 3.63) is 47.9 Å². The molecule has 1 aliphatic rings. The number of hydrogen-bond donors (Lipinski definition) is 2. The number of nitrogens with zero attached hydrogens (tertiary/aromatic N) is 4. The van der Waals surface area contributed by atoms with Crippen LogP contribution in [0.4, 0.5) is 0 Å². The van der Waals surface area contributed by atoms with Gasteiger partial charge in [-0.15, -0.1) is 24.0 Å². The maximum absolute atomic E-state index is 12.0. The van der Waals surface area contributed by atoms with Gasteiger partial charge in [0.15, 0.2) is 5.96 Å². The van der Waals surface area contributed by atoms with E-state index in [1.54, 1.807) is 24.5 Å². The van der Waals surface area contributed by atoms with Gasteiger partial charge in [0.25, 0.3) is 0 Å². The summed E-state index contributed by atoms with van der Waals surface area (Å²) in [4.78, 5) is 9.55. The van der Waals surface area contributed by atoms with Crippen LogP contribution >= 0.6 is 24.0 Å². The van der Waals surface area contributed by atoms with Crippen LogP contribution in [0.5, 0.6) is 0 Å². The number of nitrogens with one attached hydrogen (secondary N) is 2. The molecule has 1 aromatic heterocycles. The van der Waals surface area contributed by atoms with Crippen LogP contribution < -0.4 is 10.0 Å². The summed E-state index contributed by atoms with van der Waals surface area (Å²) in [7, 11) is -2.05. The second-order valence-corrected chi connectivity index (χ2v) is 8.67. The van der Waals surface area contributed by atoms with E-state index in [0.29, 0.717) is 6.54 Å². The highest BCUT2D eigenvalue weighted by Gasteiger charge is 2.20. The number of aliphatic imine (C=N–C) groups is 1. The molecule has 1 aromatic carbocycles. The van der Waals surface area contributed by atoms with Gasteiger partial charge in [0.1, 0.15) is 6.26 Å². The minimum Gasteiger partial charge on any atom is -0.364 e. The first kappa shape index (κ1) is 24.6. The summed E-state index contributed by atoms with van der Waals surface area (Å²) >= 11 is 0. The quantitative estimate of drug-likeness (QED) is 0.307. The van der Waals surface area contributed by atoms with Crippen molar-refractivity contribution in [1.29, 1.82) is 0 Å². The number of halogens is 1. The molecule has 0 atom stereocenters. The normalized spacial score (nSPS) is 15.7. The largest absolute Gasteiger partial charge is 0.364 e. The van der Waals surface area contributed by atoms with E-state index >= 15 is 0 Å². The molecule has 0 radical (unpaired) electrons. The minimum absolute atomic E-state index is 0. The van der Waals surface area contributed by atoms with Crippen LogP contribution in [-0.2, 0) is 23.1 Å². The zero-order valence-electron chi connectivity index (χ0n) is 17.2. The first-order valence-electron chi connectivity index (χ1n) is 9.69. The summed E-state index contributed by atoms with van der Waals surface area (Å²) in [6.45, 7) is 7.54. The number of rotatable bonds is 7. The van der Waals surface area contributed by atoms with Crippen molar-refractivity contribution >= 4 is 40.0 Å². The van der Waals surface area contributed by atoms with E-state index < -0.39 is 10.0 Å². The fourth-order valence-corrected chi connectivity index (χ4v) is 3.99. The van der Waals surface area contributed by atoms with Crippen molar-refractivity contribution in [2.24, 2.45) is 4.99 Å². The van der Waals surface area contributed by atoms with Gasteiger partial charge in [-0.2, -0.15) is 0 Å². The molecule has 0 bridgehead atoms. The molecule has 9 nitrogen and oxygen atoms in total. The van der Waals surface area contributed by atoms with Crippen LogP contribution in [0.25, 0.3) is 0 Å². The van der Waals surface area contributed by atoms with Crippen molar-refractivity contribution in [1.82, 2.24) is 25.0 Å². The zero-order valence-corrected chi connectivity index (χ0v) is 20.4. The van der Waals surface area contributed by atoms with Gasteiger partial charge >= 0.3 is 0 Å². The van der Waals surface area contributed by atoms with E-state index in [2.05, 4.69) is 25.0 Å². The highest BCUT2D eigenvalue weighted by atomic mass is 127. The van der Waals surface area contributed by atoms with Crippen molar-refractivity contribution in [2.45, 2.75) is 24.9 Å². The third-order valence-corrected chi connectivity index (χ3v) is 6.18. The van der Waals surface area contributed by atoms with Crippen LogP contribution in [0.1, 0.15) is 18.2 Å². The number of guanidine groups is 1. The van der Waals surface area contributed by atoms with E-state index in [9.17, 15) is 8.42 Å². The van der Waals surface area contributed by atoms with Crippen LogP contribution in [0.2, 0.25) is 0 Å². The van der Waals surface area contributed by atoms with E-state index in [4.69, 9.17) is 9.52 Å². The predicted octanol–water partition coefficient (Wildman–Crippen LogP) is 1.48. The Morgan fingerprint density at radius 1 is 1.23 bits per heavy atom. The Morgan fingerprint density at radius 3 is 2.63 bits per heavy atom. The SMILES string of the molecule is CCNC(=NCc1cccc(S(=O)(=O)NC)c1)N1CCN(Cc2ccon2)CC1.I. The van der Waals surface area contributed by atoms with E-state index in [1.807, 2.05) is 19.1 Å². The lowest BCUT2D eigenvalue weighted by Crippen LogP contribution is -2.52. The zero-order chi connectivity index (χ0) is 20.7. The van der Waals surface area contributed by atoms with E-state index in [1.165, 1.54) is 7.05 Å².